The highest BCUT2D eigenvalue weighted by Crippen LogP contribution is 2.39. The van der Waals surface area contributed by atoms with E-state index in [1.165, 1.54) is 0 Å². The zero-order chi connectivity index (χ0) is 12.6. The van der Waals surface area contributed by atoms with Gasteiger partial charge in [-0.05, 0) is 6.07 Å². The number of primary amides is 1. The molecule has 2 N–H and O–H groups in total. The monoisotopic (exact) mass is 231 g/mol. The van der Waals surface area contributed by atoms with Crippen molar-refractivity contribution in [1.82, 2.24) is 4.48 Å². The van der Waals surface area contributed by atoms with Crippen LogP contribution in [0.1, 0.15) is 12.0 Å². The molecule has 0 saturated carbocycles. The maximum absolute atomic E-state index is 11.4. The summed E-state index contributed by atoms with van der Waals surface area (Å²) in [6.45, 7) is 0. The molecule has 0 saturated heterocycles. The Balaban J connectivity index is 2.38. The number of nitrogens with zero attached hydrogens (tertiary/aromatic N) is 1. The van der Waals surface area contributed by atoms with Crippen molar-refractivity contribution in [2.24, 2.45) is 5.73 Å². The number of para-hydroxylation sites is 1. The summed E-state index contributed by atoms with van der Waals surface area (Å²) in [6, 6.07) is 7.87. The average Bonchev–Trinajstić information content (AvgIpc) is 2.51. The average molecular weight is 231 g/mol. The number of fused-ring (bicyclic) bond motifs is 1. The van der Waals surface area contributed by atoms with Crippen LogP contribution in [0.3, 0.4) is 0 Å². The van der Waals surface area contributed by atoms with Crippen LogP contribution in [-0.2, 0) is 9.59 Å². The SMILES string of the molecule is C[N+]1(C)C=C(CC(=O)C(N)=O)c2ccccc21. The lowest BCUT2D eigenvalue weighted by Crippen LogP contribution is -2.31. The summed E-state index contributed by atoms with van der Waals surface area (Å²) < 4.78 is 0.581. The number of carbonyl (C=O) groups is 2. The van der Waals surface area contributed by atoms with Gasteiger partial charge in [0.25, 0.3) is 5.91 Å². The van der Waals surface area contributed by atoms with E-state index < -0.39 is 11.7 Å². The Kier molecular flexibility index (Phi) is 2.59. The molecule has 0 aromatic heterocycles. The van der Waals surface area contributed by atoms with Crippen LogP contribution in [0.25, 0.3) is 5.57 Å². The van der Waals surface area contributed by atoms with Gasteiger partial charge in [0.2, 0.25) is 5.78 Å². The summed E-state index contributed by atoms with van der Waals surface area (Å²) in [5.41, 5.74) is 8.00. The summed E-state index contributed by atoms with van der Waals surface area (Å²) in [4.78, 5) is 22.2. The van der Waals surface area contributed by atoms with Gasteiger partial charge in [-0.25, -0.2) is 0 Å². The molecule has 1 heterocycles. The molecule has 1 aromatic rings. The molecule has 1 aromatic carbocycles. The molecule has 2 rings (SSSR count). The lowest BCUT2D eigenvalue weighted by atomic mass is 10.0. The number of hydrogen-bond donors (Lipinski definition) is 1. The molecule has 1 aliphatic rings. The van der Waals surface area contributed by atoms with E-state index >= 15 is 0 Å². The third-order valence-electron chi connectivity index (χ3n) is 2.98. The summed E-state index contributed by atoms with van der Waals surface area (Å²) in [5, 5.41) is 0. The molecule has 0 bridgehead atoms. The maximum Gasteiger partial charge on any atom is 0.285 e. The molecule has 0 atom stereocenters. The molecule has 0 radical (unpaired) electrons. The van der Waals surface area contributed by atoms with Gasteiger partial charge < -0.3 is 5.73 Å². The van der Waals surface area contributed by atoms with Crippen molar-refractivity contribution in [2.75, 3.05) is 14.1 Å². The molecule has 17 heavy (non-hydrogen) atoms. The van der Waals surface area contributed by atoms with E-state index in [4.69, 9.17) is 5.73 Å². The second-order valence-corrected chi connectivity index (χ2v) is 4.68. The Morgan fingerprint density at radius 3 is 2.53 bits per heavy atom. The van der Waals surface area contributed by atoms with Crippen molar-refractivity contribution in [3.05, 3.63) is 36.0 Å². The van der Waals surface area contributed by atoms with Crippen molar-refractivity contribution in [1.29, 1.82) is 0 Å². The first kappa shape index (κ1) is 11.5. The molecular formula is C13H15N2O2+. The lowest BCUT2D eigenvalue weighted by molar-refractivity contribution is -0.135. The van der Waals surface area contributed by atoms with Crippen molar-refractivity contribution in [3.8, 4) is 0 Å². The van der Waals surface area contributed by atoms with E-state index in [1.54, 1.807) is 0 Å². The van der Waals surface area contributed by atoms with E-state index in [0.29, 0.717) is 4.48 Å². The van der Waals surface area contributed by atoms with Crippen molar-refractivity contribution >= 4 is 23.0 Å². The van der Waals surface area contributed by atoms with Crippen LogP contribution in [0.2, 0.25) is 0 Å². The fourth-order valence-corrected chi connectivity index (χ4v) is 2.18. The van der Waals surface area contributed by atoms with E-state index in [1.807, 2.05) is 44.6 Å². The number of nitrogens with two attached hydrogens (primary N) is 1. The second-order valence-electron chi connectivity index (χ2n) is 4.68. The highest BCUT2D eigenvalue weighted by Gasteiger charge is 2.31. The van der Waals surface area contributed by atoms with E-state index in [9.17, 15) is 9.59 Å². The van der Waals surface area contributed by atoms with Gasteiger partial charge in [0.05, 0.1) is 14.1 Å². The maximum atomic E-state index is 11.4. The van der Waals surface area contributed by atoms with Crippen LogP contribution in [0.5, 0.6) is 0 Å². The topological polar surface area (TPSA) is 60.2 Å². The van der Waals surface area contributed by atoms with Crippen molar-refractivity contribution < 1.29 is 9.59 Å². The summed E-state index contributed by atoms with van der Waals surface area (Å²) in [5.74, 6) is -1.42. The van der Waals surface area contributed by atoms with Gasteiger partial charge in [0.1, 0.15) is 11.9 Å². The lowest BCUT2D eigenvalue weighted by Gasteiger charge is -2.20. The number of hydrogen-bond acceptors (Lipinski definition) is 2. The minimum atomic E-state index is -0.874. The highest BCUT2D eigenvalue weighted by molar-refractivity contribution is 6.37. The fraction of sp³-hybridized carbons (Fsp3) is 0.231. The Bertz CT molecular complexity index is 530. The molecule has 4 heteroatoms. The quantitative estimate of drug-likeness (QED) is 0.624. The summed E-state index contributed by atoms with van der Waals surface area (Å²) in [7, 11) is 4.06. The van der Waals surface area contributed by atoms with Crippen LogP contribution >= 0.6 is 0 Å². The molecule has 1 amide bonds. The smallest absolute Gasteiger partial charge is 0.285 e. The number of allylic oxidation sites excluding steroid dienone is 1. The molecule has 0 unspecified atom stereocenters. The minimum Gasteiger partial charge on any atom is -0.363 e. The molecule has 1 aliphatic heterocycles. The predicted octanol–water partition coefficient (Wildman–Crippen LogP) is 1.05. The molecule has 4 nitrogen and oxygen atoms in total. The second kappa shape index (κ2) is 3.82. The third kappa shape index (κ3) is 1.99. The Morgan fingerprint density at radius 1 is 1.24 bits per heavy atom. The van der Waals surface area contributed by atoms with Crippen molar-refractivity contribution in [3.63, 3.8) is 0 Å². The molecule has 0 aliphatic carbocycles. The van der Waals surface area contributed by atoms with E-state index in [2.05, 4.69) is 0 Å². The van der Waals surface area contributed by atoms with Gasteiger partial charge in [0.15, 0.2) is 0 Å². The van der Waals surface area contributed by atoms with Gasteiger partial charge in [-0.3, -0.25) is 14.1 Å². The van der Waals surface area contributed by atoms with Crippen molar-refractivity contribution in [2.45, 2.75) is 6.42 Å². The van der Waals surface area contributed by atoms with Gasteiger partial charge in [-0.2, -0.15) is 0 Å². The molecular weight excluding hydrogens is 216 g/mol. The predicted molar refractivity (Wildman–Crippen MR) is 66.9 cm³/mol. The largest absolute Gasteiger partial charge is 0.363 e. The van der Waals surface area contributed by atoms with Crippen LogP contribution in [-0.4, -0.2) is 25.8 Å². The number of quaternary nitrogens is 1. The van der Waals surface area contributed by atoms with Crippen LogP contribution < -0.4 is 10.2 Å². The van der Waals surface area contributed by atoms with Gasteiger partial charge in [-0.15, -0.1) is 0 Å². The zero-order valence-electron chi connectivity index (χ0n) is 9.93. The standard InChI is InChI=1S/C13H14N2O2/c1-15(2)8-9(7-12(16)13(14)17)10-5-3-4-6-11(10)15/h3-6,8H,7H2,1-2H3,(H-,14,17)/p+1. The normalized spacial score (nSPS) is 16.2. The van der Waals surface area contributed by atoms with Gasteiger partial charge in [-0.1, -0.05) is 12.1 Å². The van der Waals surface area contributed by atoms with Crippen LogP contribution in [0, 0.1) is 0 Å². The highest BCUT2D eigenvalue weighted by atomic mass is 16.2. The van der Waals surface area contributed by atoms with E-state index in [0.717, 1.165) is 16.8 Å². The third-order valence-corrected chi connectivity index (χ3v) is 2.98. The summed E-state index contributed by atoms with van der Waals surface area (Å²) in [6.07, 6.45) is 2.06. The van der Waals surface area contributed by atoms with Gasteiger partial charge >= 0.3 is 0 Å². The number of rotatable bonds is 3. The number of Topliss-reactive ketones (excluding diaryl/α,β-unsaturated/α-hetero) is 1. The number of benzene rings is 1. The van der Waals surface area contributed by atoms with Gasteiger partial charge in [0, 0.05) is 23.6 Å². The number of carbonyl (C=O) groups excluding carboxylic acids is 2. The van der Waals surface area contributed by atoms with Crippen LogP contribution in [0.4, 0.5) is 5.69 Å². The summed E-state index contributed by atoms with van der Waals surface area (Å²) >= 11 is 0. The first-order valence-corrected chi connectivity index (χ1v) is 5.40. The Morgan fingerprint density at radius 2 is 1.88 bits per heavy atom. The minimum absolute atomic E-state index is 0.0774. The molecule has 0 spiro atoms. The fourth-order valence-electron chi connectivity index (χ4n) is 2.18. The van der Waals surface area contributed by atoms with E-state index in [-0.39, 0.29) is 6.42 Å². The molecule has 88 valence electrons. The number of ketones is 1. The van der Waals surface area contributed by atoms with Crippen LogP contribution in [0.15, 0.2) is 30.5 Å². The molecule has 0 fully saturated rings. The first-order valence-electron chi connectivity index (χ1n) is 5.40. The first-order chi connectivity index (χ1) is 7.92. The zero-order valence-corrected chi connectivity index (χ0v) is 9.93. The Hall–Kier alpha value is -1.94. The Labute approximate surface area is 99.9 Å². The number of amides is 1.